The second kappa shape index (κ2) is 7.50. The number of carbonyl (C=O) groups is 1. The number of aromatic nitrogens is 2. The summed E-state index contributed by atoms with van der Waals surface area (Å²) in [7, 11) is 0. The van der Waals surface area contributed by atoms with Gasteiger partial charge in [-0.2, -0.15) is 0 Å². The molecule has 1 aromatic heterocycles. The van der Waals surface area contributed by atoms with Gasteiger partial charge in [0.2, 0.25) is 5.91 Å². The van der Waals surface area contributed by atoms with Crippen LogP contribution in [0.3, 0.4) is 0 Å². The van der Waals surface area contributed by atoms with Gasteiger partial charge in [0, 0.05) is 49.8 Å². The minimum atomic E-state index is 0.142. The van der Waals surface area contributed by atoms with E-state index in [4.69, 9.17) is 0 Å². The van der Waals surface area contributed by atoms with Crippen LogP contribution in [-0.2, 0) is 11.2 Å². The van der Waals surface area contributed by atoms with Crippen LogP contribution in [0.1, 0.15) is 63.8 Å². The van der Waals surface area contributed by atoms with E-state index in [-0.39, 0.29) is 5.92 Å². The van der Waals surface area contributed by atoms with Crippen molar-refractivity contribution in [2.75, 3.05) is 32.7 Å². The lowest BCUT2D eigenvalue weighted by Crippen LogP contribution is -2.65. The van der Waals surface area contributed by atoms with E-state index >= 15 is 0 Å². The summed E-state index contributed by atoms with van der Waals surface area (Å²) in [6.07, 6.45) is 10.1. The molecule has 1 aliphatic carbocycles. The highest BCUT2D eigenvalue weighted by atomic mass is 16.2. The fourth-order valence-electron chi connectivity index (χ4n) is 5.41. The third-order valence-electron chi connectivity index (χ3n) is 6.92. The third-order valence-corrected chi connectivity index (χ3v) is 6.92. The smallest absolute Gasteiger partial charge is 0.225 e. The van der Waals surface area contributed by atoms with Crippen molar-refractivity contribution in [2.45, 2.75) is 58.8 Å². The van der Waals surface area contributed by atoms with E-state index in [1.807, 2.05) is 26.2 Å². The Morgan fingerprint density at radius 1 is 1.19 bits per heavy atom. The molecular weight excluding hydrogens is 336 g/mol. The first-order valence-corrected chi connectivity index (χ1v) is 10.8. The Balaban J connectivity index is 1.17. The van der Waals surface area contributed by atoms with Gasteiger partial charge in [-0.25, -0.2) is 9.97 Å². The normalized spacial score (nSPS) is 23.5. The molecule has 2 saturated heterocycles. The van der Waals surface area contributed by atoms with Crippen LogP contribution in [0, 0.1) is 17.3 Å². The first kappa shape index (κ1) is 18.9. The molecule has 0 bridgehead atoms. The monoisotopic (exact) mass is 370 g/mol. The molecule has 4 rings (SSSR count). The summed E-state index contributed by atoms with van der Waals surface area (Å²) in [5, 5.41) is 0. The number of aryl methyl sites for hydroxylation is 1. The molecule has 2 aliphatic heterocycles. The fourth-order valence-corrected chi connectivity index (χ4v) is 5.41. The summed E-state index contributed by atoms with van der Waals surface area (Å²) in [5.41, 5.74) is 1.80. The Labute approximate surface area is 163 Å². The van der Waals surface area contributed by atoms with Crippen molar-refractivity contribution in [3.63, 3.8) is 0 Å². The van der Waals surface area contributed by atoms with Crippen molar-refractivity contribution in [3.05, 3.63) is 23.8 Å². The van der Waals surface area contributed by atoms with Gasteiger partial charge in [-0.15, -0.1) is 0 Å². The van der Waals surface area contributed by atoms with Crippen LogP contribution in [0.25, 0.3) is 0 Å². The summed E-state index contributed by atoms with van der Waals surface area (Å²) >= 11 is 0. The number of piperidine rings is 1. The van der Waals surface area contributed by atoms with Gasteiger partial charge in [-0.3, -0.25) is 4.79 Å². The van der Waals surface area contributed by atoms with Gasteiger partial charge >= 0.3 is 0 Å². The Morgan fingerprint density at radius 2 is 1.81 bits per heavy atom. The molecule has 148 valence electrons. The van der Waals surface area contributed by atoms with Crippen LogP contribution in [-0.4, -0.2) is 58.4 Å². The molecule has 0 unspecified atom stereocenters. The zero-order valence-corrected chi connectivity index (χ0v) is 17.2. The fraction of sp³-hybridized carbons (Fsp3) is 0.773. The highest BCUT2D eigenvalue weighted by Crippen LogP contribution is 2.52. The molecule has 1 spiro atoms. The molecular formula is C22H34N4O. The predicted octanol–water partition coefficient (Wildman–Crippen LogP) is 3.11. The predicted molar refractivity (Wildman–Crippen MR) is 106 cm³/mol. The Hall–Kier alpha value is -1.49. The van der Waals surface area contributed by atoms with Gasteiger partial charge < -0.3 is 9.80 Å². The highest BCUT2D eigenvalue weighted by molar-refractivity contribution is 5.79. The standard InChI is InChI=1S/C22H34N4O/c1-4-20-23-11-19(12-24-20)18-5-7-25(8-6-18)13-17-9-22(10-17)14-26(15-22)21(27)16(2)3/h11-12,16-18H,4-10,13-15H2,1-3H3. The van der Waals surface area contributed by atoms with E-state index in [1.165, 1.54) is 50.9 Å². The largest absolute Gasteiger partial charge is 0.341 e. The minimum absolute atomic E-state index is 0.142. The third kappa shape index (κ3) is 3.89. The van der Waals surface area contributed by atoms with E-state index in [1.54, 1.807) is 0 Å². The van der Waals surface area contributed by atoms with Gasteiger partial charge in [-0.05, 0) is 56.2 Å². The van der Waals surface area contributed by atoms with Crippen molar-refractivity contribution in [1.82, 2.24) is 19.8 Å². The number of hydrogen-bond acceptors (Lipinski definition) is 4. The summed E-state index contributed by atoms with van der Waals surface area (Å²) in [6, 6.07) is 0. The van der Waals surface area contributed by atoms with Crippen LogP contribution in [0.5, 0.6) is 0 Å². The maximum absolute atomic E-state index is 12.0. The molecule has 5 heteroatoms. The average Bonchev–Trinajstić information content (AvgIpc) is 2.62. The number of amides is 1. The molecule has 3 aliphatic rings. The maximum Gasteiger partial charge on any atom is 0.225 e. The zero-order chi connectivity index (χ0) is 19.0. The molecule has 3 heterocycles. The number of likely N-dealkylation sites (tertiary alicyclic amines) is 2. The van der Waals surface area contributed by atoms with E-state index in [2.05, 4.69) is 26.7 Å². The van der Waals surface area contributed by atoms with Gasteiger partial charge in [0.15, 0.2) is 0 Å². The Kier molecular flexibility index (Phi) is 5.23. The number of rotatable bonds is 5. The van der Waals surface area contributed by atoms with Gasteiger partial charge in [0.1, 0.15) is 5.82 Å². The van der Waals surface area contributed by atoms with Crippen LogP contribution >= 0.6 is 0 Å². The van der Waals surface area contributed by atoms with Crippen molar-refractivity contribution >= 4 is 5.91 Å². The van der Waals surface area contributed by atoms with E-state index < -0.39 is 0 Å². The number of nitrogens with zero attached hydrogens (tertiary/aromatic N) is 4. The van der Waals surface area contributed by atoms with Gasteiger partial charge in [0.05, 0.1) is 0 Å². The van der Waals surface area contributed by atoms with Crippen molar-refractivity contribution in [1.29, 1.82) is 0 Å². The lowest BCUT2D eigenvalue weighted by atomic mass is 9.57. The summed E-state index contributed by atoms with van der Waals surface area (Å²) in [4.78, 5) is 25.7. The summed E-state index contributed by atoms with van der Waals surface area (Å²) < 4.78 is 0. The molecule has 0 aromatic carbocycles. The van der Waals surface area contributed by atoms with Crippen LogP contribution in [0.2, 0.25) is 0 Å². The van der Waals surface area contributed by atoms with Crippen molar-refractivity contribution in [3.8, 4) is 0 Å². The maximum atomic E-state index is 12.0. The highest BCUT2D eigenvalue weighted by Gasteiger charge is 2.53. The number of carbonyl (C=O) groups excluding carboxylic acids is 1. The Bertz CT molecular complexity index is 649. The first-order chi connectivity index (χ1) is 13.0. The minimum Gasteiger partial charge on any atom is -0.341 e. The van der Waals surface area contributed by atoms with Crippen LogP contribution < -0.4 is 0 Å². The zero-order valence-electron chi connectivity index (χ0n) is 17.2. The SMILES string of the molecule is CCc1ncc(C2CCN(CC3CC4(C3)CN(C(=O)C(C)C)C4)CC2)cn1. The van der Waals surface area contributed by atoms with Crippen LogP contribution in [0.4, 0.5) is 0 Å². The lowest BCUT2D eigenvalue weighted by molar-refractivity contribution is -0.159. The quantitative estimate of drug-likeness (QED) is 0.799. The molecule has 1 amide bonds. The molecule has 1 aromatic rings. The lowest BCUT2D eigenvalue weighted by Gasteiger charge is -2.60. The molecule has 3 fully saturated rings. The topological polar surface area (TPSA) is 49.3 Å². The molecule has 1 saturated carbocycles. The Morgan fingerprint density at radius 3 is 2.37 bits per heavy atom. The molecule has 27 heavy (non-hydrogen) atoms. The molecule has 5 nitrogen and oxygen atoms in total. The molecule has 0 radical (unpaired) electrons. The van der Waals surface area contributed by atoms with E-state index in [9.17, 15) is 4.79 Å². The van der Waals surface area contributed by atoms with Gasteiger partial charge in [-0.1, -0.05) is 20.8 Å². The molecule has 0 N–H and O–H groups in total. The van der Waals surface area contributed by atoms with E-state index in [0.29, 0.717) is 17.2 Å². The van der Waals surface area contributed by atoms with Crippen molar-refractivity contribution in [2.24, 2.45) is 17.3 Å². The first-order valence-electron chi connectivity index (χ1n) is 10.8. The second-order valence-electron chi connectivity index (χ2n) is 9.48. The average molecular weight is 371 g/mol. The molecule has 0 atom stereocenters. The van der Waals surface area contributed by atoms with Crippen LogP contribution in [0.15, 0.2) is 12.4 Å². The second-order valence-corrected chi connectivity index (χ2v) is 9.48. The van der Waals surface area contributed by atoms with Crippen molar-refractivity contribution < 1.29 is 4.79 Å². The van der Waals surface area contributed by atoms with E-state index in [0.717, 1.165) is 31.3 Å². The van der Waals surface area contributed by atoms with Gasteiger partial charge in [0.25, 0.3) is 0 Å². The summed E-state index contributed by atoms with van der Waals surface area (Å²) in [6.45, 7) is 11.8. The summed E-state index contributed by atoms with van der Waals surface area (Å²) in [5.74, 6) is 2.89. The number of hydrogen-bond donors (Lipinski definition) is 0.